The summed E-state index contributed by atoms with van der Waals surface area (Å²) in [7, 11) is 3.11. The second-order valence-corrected chi connectivity index (χ2v) is 12.0. The molecule has 0 unspecified atom stereocenters. The molecule has 1 rings (SSSR count). The van der Waals surface area contributed by atoms with Crippen molar-refractivity contribution in [2.45, 2.75) is 54.3 Å². The summed E-state index contributed by atoms with van der Waals surface area (Å²) in [5, 5.41) is 0. The summed E-state index contributed by atoms with van der Waals surface area (Å²) in [5.74, 6) is 1.47. The van der Waals surface area contributed by atoms with E-state index >= 15 is 0 Å². The van der Waals surface area contributed by atoms with Crippen molar-refractivity contribution in [3.8, 4) is 0 Å². The first kappa shape index (κ1) is 20.7. The Kier molecular flexibility index (Phi) is 10.7. The van der Waals surface area contributed by atoms with Crippen LogP contribution in [0.5, 0.6) is 0 Å². The van der Waals surface area contributed by atoms with Gasteiger partial charge in [0.25, 0.3) is 0 Å². The van der Waals surface area contributed by atoms with Crippen molar-refractivity contribution in [3.63, 3.8) is 0 Å². The Morgan fingerprint density at radius 3 is 1.11 bits per heavy atom. The Balaban J connectivity index is 0. The van der Waals surface area contributed by atoms with E-state index in [-0.39, 0.29) is 0 Å². The van der Waals surface area contributed by atoms with Crippen LogP contribution in [0, 0.1) is 12.5 Å². The van der Waals surface area contributed by atoms with Crippen molar-refractivity contribution in [2.75, 3.05) is 0 Å². The van der Waals surface area contributed by atoms with Crippen LogP contribution in [0.15, 0.2) is 22.3 Å². The predicted octanol–water partition coefficient (Wildman–Crippen LogP) is 5.49. The van der Waals surface area contributed by atoms with E-state index in [9.17, 15) is 0 Å². The molecule has 0 bridgehead atoms. The minimum atomic E-state index is -1.20. The molecule has 0 atom stereocenters. The fourth-order valence-electron chi connectivity index (χ4n) is 1.41. The molecular formula is C14H26MoOSSi-. The van der Waals surface area contributed by atoms with Gasteiger partial charge in [-0.05, 0) is 38.8 Å². The number of allylic oxidation sites excluding steroid dienone is 4. The van der Waals surface area contributed by atoms with Gasteiger partial charge in [-0.2, -0.15) is 0 Å². The van der Waals surface area contributed by atoms with Gasteiger partial charge in [-0.25, -0.2) is 0 Å². The van der Waals surface area contributed by atoms with Crippen molar-refractivity contribution < 1.29 is 20.1 Å². The molecule has 0 aliphatic heterocycles. The molecule has 1 aliphatic carbocycles. The zero-order chi connectivity index (χ0) is 15.1. The van der Waals surface area contributed by atoms with Crippen LogP contribution in [0.3, 0.4) is 0 Å². The van der Waals surface area contributed by atoms with Crippen molar-refractivity contribution >= 4 is 17.9 Å². The van der Waals surface area contributed by atoms with Crippen molar-refractivity contribution in [2.24, 2.45) is 0 Å². The van der Waals surface area contributed by atoms with Gasteiger partial charge in [0.15, 0.2) is 0 Å². The van der Waals surface area contributed by atoms with Crippen molar-refractivity contribution in [1.29, 1.82) is 0 Å². The molecule has 1 aliphatic rings. The molecular weight excluding hydrogens is 340 g/mol. The Labute approximate surface area is 126 Å². The van der Waals surface area contributed by atoms with Gasteiger partial charge in [0.05, 0.1) is 0 Å². The van der Waals surface area contributed by atoms with E-state index < -0.39 is 24.8 Å². The molecule has 18 heavy (non-hydrogen) atoms. The van der Waals surface area contributed by atoms with E-state index in [0.29, 0.717) is 0 Å². The Bertz CT molecular complexity index is 342. The predicted molar refractivity (Wildman–Crippen MR) is 82.6 cm³/mol. The average molecular weight is 366 g/mol. The van der Waals surface area contributed by atoms with Gasteiger partial charge in [0.2, 0.25) is 0 Å². The number of rotatable bonds is 0. The second-order valence-electron chi connectivity index (χ2n) is 5.75. The van der Waals surface area contributed by atoms with Crippen LogP contribution in [0.25, 0.3) is 0 Å². The number of hydrogen-bond acceptors (Lipinski definition) is 2. The van der Waals surface area contributed by atoms with Gasteiger partial charge < -0.3 is 6.55 Å². The fraction of sp³-hybridized carbons (Fsp3) is 0.571. The van der Waals surface area contributed by atoms with Crippen LogP contribution in [0.4, 0.5) is 0 Å². The molecule has 0 saturated heterocycles. The summed E-state index contributed by atoms with van der Waals surface area (Å²) in [5.41, 5.74) is 5.87. The normalized spacial score (nSPS) is 15.8. The monoisotopic (exact) mass is 368 g/mol. The first-order valence-corrected chi connectivity index (χ1v) is 13.3. The molecule has 0 aromatic carbocycles. The Hall–Kier alpha value is 0.405. The third kappa shape index (κ3) is 9.35. The van der Waals surface area contributed by atoms with Gasteiger partial charge in [-0.1, -0.05) is 37.7 Å². The molecule has 0 saturated carbocycles. The molecule has 0 amide bonds. The molecule has 0 fully saturated rings. The summed E-state index contributed by atoms with van der Waals surface area (Å²) >= 11 is -1.20. The van der Waals surface area contributed by atoms with E-state index in [0.717, 1.165) is 0 Å². The van der Waals surface area contributed by atoms with E-state index in [4.69, 9.17) is 3.40 Å². The summed E-state index contributed by atoms with van der Waals surface area (Å²) < 4.78 is 8.88. The summed E-state index contributed by atoms with van der Waals surface area (Å²) in [6.45, 7) is 21.6. The third-order valence-electron chi connectivity index (χ3n) is 2.81. The Morgan fingerprint density at radius 1 is 0.889 bits per heavy atom. The van der Waals surface area contributed by atoms with Crippen LogP contribution in [-0.4, -0.2) is 8.07 Å². The SMILES string of the molecule is C[C]1C(C)=C(C)C(C)=C1C.[CH2-][Si](C)(C)C.[O]=[Mo]=[S]. The maximum absolute atomic E-state index is 8.88. The van der Waals surface area contributed by atoms with Crippen LogP contribution in [0.2, 0.25) is 19.6 Å². The van der Waals surface area contributed by atoms with Crippen LogP contribution >= 0.6 is 9.82 Å². The van der Waals surface area contributed by atoms with Gasteiger partial charge in [0, 0.05) is 5.92 Å². The van der Waals surface area contributed by atoms with Crippen molar-refractivity contribution in [3.05, 3.63) is 34.8 Å². The van der Waals surface area contributed by atoms with Gasteiger partial charge in [0.1, 0.15) is 0 Å². The molecule has 0 spiro atoms. The molecule has 4 heteroatoms. The average Bonchev–Trinajstić information content (AvgIpc) is 2.35. The molecule has 0 aromatic heterocycles. The zero-order valence-electron chi connectivity index (χ0n) is 12.9. The summed E-state index contributed by atoms with van der Waals surface area (Å²) in [4.78, 5) is 0. The number of hydrogen-bond donors (Lipinski definition) is 0. The van der Waals surface area contributed by atoms with Crippen molar-refractivity contribution in [1.82, 2.24) is 0 Å². The van der Waals surface area contributed by atoms with E-state index in [1.54, 1.807) is 0 Å². The van der Waals surface area contributed by atoms with Gasteiger partial charge in [-0.3, -0.25) is 0 Å². The second kappa shape index (κ2) is 9.33. The Morgan fingerprint density at radius 2 is 1.06 bits per heavy atom. The zero-order valence-corrected chi connectivity index (χ0v) is 16.8. The molecule has 1 nitrogen and oxygen atoms in total. The fourth-order valence-corrected chi connectivity index (χ4v) is 1.41. The summed E-state index contributed by atoms with van der Waals surface area (Å²) in [6, 6.07) is 0. The molecule has 105 valence electrons. The third-order valence-corrected chi connectivity index (χ3v) is 2.81. The van der Waals surface area contributed by atoms with Gasteiger partial charge >= 0.3 is 29.9 Å². The molecule has 1 radical (unpaired) electrons. The van der Waals surface area contributed by atoms with E-state index in [2.05, 4.69) is 70.6 Å². The minimum absolute atomic E-state index is 0.861. The quantitative estimate of drug-likeness (QED) is 0.416. The first-order chi connectivity index (χ1) is 7.97. The van der Waals surface area contributed by atoms with E-state index in [1.165, 1.54) is 28.2 Å². The van der Waals surface area contributed by atoms with Crippen LogP contribution < -0.4 is 0 Å². The van der Waals surface area contributed by atoms with E-state index in [1.807, 2.05) is 0 Å². The van der Waals surface area contributed by atoms with Crippen LogP contribution in [-0.2, 0) is 20.1 Å². The first-order valence-electron chi connectivity index (χ1n) is 5.94. The maximum atomic E-state index is 8.88. The molecule has 0 N–H and O–H groups in total. The standard InChI is InChI=1S/C10H15.C4H11Si.Mo.O.S/c1-6-7(2)9(4)10(5)8(6)3;1-5(2,3)4;;;/h1-5H3;1H2,2-4H3;;;/q;-1;;;. The van der Waals surface area contributed by atoms with Gasteiger partial charge in [-0.15, -0.1) is 8.07 Å². The molecule has 0 heterocycles. The topological polar surface area (TPSA) is 17.1 Å². The molecule has 0 aromatic rings. The van der Waals surface area contributed by atoms with Crippen LogP contribution in [0.1, 0.15) is 34.6 Å². The summed E-state index contributed by atoms with van der Waals surface area (Å²) in [6.07, 6.45) is 0.